The first kappa shape index (κ1) is 11.3. The van der Waals surface area contributed by atoms with Gasteiger partial charge in [0.05, 0.1) is 5.56 Å². The Hall–Kier alpha value is -1.23. The first-order chi connectivity index (χ1) is 7.61. The van der Waals surface area contributed by atoms with Crippen molar-refractivity contribution in [2.75, 3.05) is 18.1 Å². The Morgan fingerprint density at radius 2 is 1.81 bits per heavy atom. The molecule has 1 aromatic rings. The molecule has 0 unspecified atom stereocenters. The zero-order valence-corrected chi connectivity index (χ0v) is 9.88. The van der Waals surface area contributed by atoms with Gasteiger partial charge in [0.15, 0.2) is 0 Å². The van der Waals surface area contributed by atoms with Crippen LogP contribution in [0.4, 0.5) is 0 Å². The molecule has 0 radical (unpaired) electrons. The second-order valence-electron chi connectivity index (χ2n) is 4.00. The van der Waals surface area contributed by atoms with Gasteiger partial charge in [0.1, 0.15) is 5.15 Å². The van der Waals surface area contributed by atoms with E-state index in [2.05, 4.69) is 4.98 Å². The minimum absolute atomic E-state index is 0.128. The van der Waals surface area contributed by atoms with Crippen LogP contribution in [0.5, 0.6) is 0 Å². The first-order valence-corrected chi connectivity index (χ1v) is 5.75. The van der Waals surface area contributed by atoms with Crippen molar-refractivity contribution in [3.8, 4) is 0 Å². The van der Waals surface area contributed by atoms with Crippen LogP contribution in [0.1, 0.15) is 24.8 Å². The number of nitrogens with one attached hydrogen (secondary N) is 1. The Morgan fingerprint density at radius 1 is 1.19 bits per heavy atom. The van der Waals surface area contributed by atoms with Gasteiger partial charge in [-0.15, -0.1) is 0 Å². The van der Waals surface area contributed by atoms with E-state index in [1.54, 1.807) is 11.9 Å². The number of hydrogen-bond acceptors (Lipinski definition) is 3. The molecule has 1 aliphatic heterocycles. The quantitative estimate of drug-likeness (QED) is 0.736. The average Bonchev–Trinajstić information content (AvgIpc) is 2.28. The maximum Gasteiger partial charge on any atom is 0.348 e. The third kappa shape index (κ3) is 1.87. The zero-order chi connectivity index (χ0) is 11.7. The van der Waals surface area contributed by atoms with E-state index in [-0.39, 0.29) is 10.7 Å². The summed E-state index contributed by atoms with van der Waals surface area (Å²) >= 11 is 5.74. The van der Waals surface area contributed by atoms with Crippen molar-refractivity contribution in [2.24, 2.45) is 0 Å². The summed E-state index contributed by atoms with van der Waals surface area (Å²) < 4.78 is 1.17. The fourth-order valence-corrected chi connectivity index (χ4v) is 2.08. The molecule has 88 valence electrons. The Balaban J connectivity index is 2.51. The van der Waals surface area contributed by atoms with Crippen LogP contribution in [-0.4, -0.2) is 22.7 Å². The van der Waals surface area contributed by atoms with E-state index in [9.17, 15) is 9.59 Å². The van der Waals surface area contributed by atoms with Crippen LogP contribution in [0.25, 0.3) is 0 Å². The Labute approximate surface area is 97.6 Å². The molecule has 1 saturated heterocycles. The molecule has 0 amide bonds. The predicted molar refractivity (Wildman–Crippen MR) is 62.9 cm³/mol. The van der Waals surface area contributed by atoms with Crippen LogP contribution in [0.15, 0.2) is 9.59 Å². The summed E-state index contributed by atoms with van der Waals surface area (Å²) in [5.74, 6) is 0. The largest absolute Gasteiger partial charge is 0.348 e. The van der Waals surface area contributed by atoms with Crippen molar-refractivity contribution in [1.29, 1.82) is 0 Å². The third-order valence-electron chi connectivity index (χ3n) is 2.87. The lowest BCUT2D eigenvalue weighted by Crippen LogP contribution is -2.53. The molecule has 1 aliphatic rings. The van der Waals surface area contributed by atoms with Crippen LogP contribution in [0.2, 0.25) is 5.15 Å². The van der Waals surface area contributed by atoms with E-state index >= 15 is 0 Å². The molecular formula is C10H14ClN3O2. The summed E-state index contributed by atoms with van der Waals surface area (Å²) in [5, 5.41) is 1.91. The zero-order valence-electron chi connectivity index (χ0n) is 9.12. The van der Waals surface area contributed by atoms with Crippen LogP contribution in [0, 0.1) is 6.92 Å². The summed E-state index contributed by atoms with van der Waals surface area (Å²) in [6, 6.07) is 0. The second-order valence-corrected chi connectivity index (χ2v) is 4.38. The molecule has 0 spiro atoms. The highest BCUT2D eigenvalue weighted by Crippen LogP contribution is 2.07. The van der Waals surface area contributed by atoms with Gasteiger partial charge in [0.25, 0.3) is 5.56 Å². The monoisotopic (exact) mass is 243 g/mol. The van der Waals surface area contributed by atoms with Crippen LogP contribution in [0.3, 0.4) is 0 Å². The smallest absolute Gasteiger partial charge is 0.306 e. The Morgan fingerprint density at radius 3 is 2.44 bits per heavy atom. The van der Waals surface area contributed by atoms with E-state index in [1.807, 2.05) is 0 Å². The van der Waals surface area contributed by atoms with Crippen molar-refractivity contribution in [3.63, 3.8) is 0 Å². The van der Waals surface area contributed by atoms with Gasteiger partial charge in [-0.2, -0.15) is 4.68 Å². The van der Waals surface area contributed by atoms with Crippen molar-refractivity contribution in [1.82, 2.24) is 9.66 Å². The molecule has 0 aromatic carbocycles. The molecule has 0 aliphatic carbocycles. The van der Waals surface area contributed by atoms with Gasteiger partial charge >= 0.3 is 5.69 Å². The molecule has 0 bridgehead atoms. The van der Waals surface area contributed by atoms with Crippen molar-refractivity contribution >= 4 is 11.6 Å². The number of aromatic amines is 1. The fraction of sp³-hybridized carbons (Fsp3) is 0.600. The van der Waals surface area contributed by atoms with E-state index in [0.29, 0.717) is 5.56 Å². The summed E-state index contributed by atoms with van der Waals surface area (Å²) in [4.78, 5) is 26.1. The highest BCUT2D eigenvalue weighted by Gasteiger charge is 2.16. The van der Waals surface area contributed by atoms with Gasteiger partial charge < -0.3 is 5.01 Å². The SMILES string of the molecule is Cc1c(Cl)[nH]c(=O)n(N2CCCCC2)c1=O. The van der Waals surface area contributed by atoms with Gasteiger partial charge in [-0.1, -0.05) is 11.6 Å². The van der Waals surface area contributed by atoms with E-state index < -0.39 is 5.69 Å². The topological polar surface area (TPSA) is 58.1 Å². The van der Waals surface area contributed by atoms with Crippen molar-refractivity contribution in [3.05, 3.63) is 31.6 Å². The third-order valence-corrected chi connectivity index (χ3v) is 3.24. The lowest BCUT2D eigenvalue weighted by atomic mass is 10.2. The molecule has 1 N–H and O–H groups in total. The molecule has 0 atom stereocenters. The highest BCUT2D eigenvalue weighted by molar-refractivity contribution is 6.30. The van der Waals surface area contributed by atoms with E-state index in [4.69, 9.17) is 11.6 Å². The van der Waals surface area contributed by atoms with E-state index in [0.717, 1.165) is 32.4 Å². The standard InChI is InChI=1S/C10H14ClN3O2/c1-7-8(11)12-10(16)14(9(7)15)13-5-3-2-4-6-13/h2-6H2,1H3,(H,12,16). The van der Waals surface area contributed by atoms with Gasteiger partial charge in [0.2, 0.25) is 0 Å². The number of H-pyrrole nitrogens is 1. The highest BCUT2D eigenvalue weighted by atomic mass is 35.5. The second kappa shape index (κ2) is 4.33. The number of halogens is 1. The van der Waals surface area contributed by atoms with Crippen LogP contribution >= 0.6 is 11.6 Å². The molecular weight excluding hydrogens is 230 g/mol. The molecule has 5 nitrogen and oxygen atoms in total. The number of aromatic nitrogens is 2. The van der Waals surface area contributed by atoms with Crippen LogP contribution < -0.4 is 16.3 Å². The summed E-state index contributed by atoms with van der Waals surface area (Å²) in [6.07, 6.45) is 3.16. The van der Waals surface area contributed by atoms with E-state index in [1.165, 1.54) is 4.68 Å². The average molecular weight is 244 g/mol. The number of nitrogens with zero attached hydrogens (tertiary/aromatic N) is 2. The molecule has 1 fully saturated rings. The Kier molecular flexibility index (Phi) is 3.05. The molecule has 6 heteroatoms. The Bertz CT molecular complexity index is 500. The fourth-order valence-electron chi connectivity index (χ4n) is 1.92. The summed E-state index contributed by atoms with van der Waals surface area (Å²) in [5.41, 5.74) is -0.398. The van der Waals surface area contributed by atoms with Gasteiger partial charge in [0, 0.05) is 13.1 Å². The van der Waals surface area contributed by atoms with Gasteiger partial charge in [-0.05, 0) is 26.2 Å². The van der Waals surface area contributed by atoms with Crippen LogP contribution in [-0.2, 0) is 0 Å². The lowest BCUT2D eigenvalue weighted by molar-refractivity contribution is 0.455. The molecule has 2 heterocycles. The van der Waals surface area contributed by atoms with Gasteiger partial charge in [-0.25, -0.2) is 4.79 Å². The maximum absolute atomic E-state index is 11.9. The molecule has 0 saturated carbocycles. The molecule has 16 heavy (non-hydrogen) atoms. The van der Waals surface area contributed by atoms with Crippen molar-refractivity contribution < 1.29 is 0 Å². The summed E-state index contributed by atoms with van der Waals surface area (Å²) in [6.45, 7) is 3.09. The normalized spacial score (nSPS) is 16.5. The van der Waals surface area contributed by atoms with Gasteiger partial charge in [-0.3, -0.25) is 9.78 Å². The minimum atomic E-state index is -0.456. The molecule has 1 aromatic heterocycles. The number of hydrogen-bond donors (Lipinski definition) is 1. The number of piperidine rings is 1. The lowest BCUT2D eigenvalue weighted by Gasteiger charge is -2.29. The minimum Gasteiger partial charge on any atom is -0.306 e. The maximum atomic E-state index is 11.9. The van der Waals surface area contributed by atoms with Crippen molar-refractivity contribution in [2.45, 2.75) is 26.2 Å². The first-order valence-electron chi connectivity index (χ1n) is 5.38. The molecule has 2 rings (SSSR count). The number of rotatable bonds is 1. The summed E-state index contributed by atoms with van der Waals surface area (Å²) in [7, 11) is 0. The predicted octanol–water partition coefficient (Wildman–Crippen LogP) is 0.620.